The molecule has 1 fully saturated rings. The largest absolute Gasteiger partial charge is 0.334 e. The van der Waals surface area contributed by atoms with Gasteiger partial charge in [0.15, 0.2) is 0 Å². The summed E-state index contributed by atoms with van der Waals surface area (Å²) in [6.07, 6.45) is 0. The van der Waals surface area contributed by atoms with E-state index in [1.807, 2.05) is 35.2 Å². The number of carbonyl (C=O) groups is 2. The Morgan fingerprint density at radius 1 is 0.973 bits per heavy atom. The molecule has 0 saturated carbocycles. The van der Waals surface area contributed by atoms with E-state index in [0.717, 1.165) is 43.1 Å². The number of nitrogens with one attached hydrogen (secondary N) is 3. The van der Waals surface area contributed by atoms with Crippen molar-refractivity contribution in [1.82, 2.24) is 24.9 Å². The first-order valence-electron chi connectivity index (χ1n) is 12.3. The summed E-state index contributed by atoms with van der Waals surface area (Å²) in [5, 5.41) is 14.1. The van der Waals surface area contributed by atoms with Crippen LogP contribution in [0.1, 0.15) is 32.0 Å². The second-order valence-corrected chi connectivity index (χ2v) is 10.7. The standard InChI is InChI=1S/C27H34ClN7O2/c1-27(2,3)23-17-24(31-25(36)30-21-10-8-20(28)9-11-21)35(32-23)22-7-5-6-19(16-22)18-29-26(37)34-14-12-33(4)13-15-34/h5-11,16-17H,12-15,18H2,1-4H3,(H,29,37)(H2,30,31,36). The Kier molecular flexibility index (Phi) is 8.04. The normalized spacial score (nSPS) is 14.4. The summed E-state index contributed by atoms with van der Waals surface area (Å²) in [5.41, 5.74) is 2.96. The minimum Gasteiger partial charge on any atom is -0.334 e. The highest BCUT2D eigenvalue weighted by Gasteiger charge is 2.22. The number of nitrogens with zero attached hydrogens (tertiary/aromatic N) is 4. The average Bonchev–Trinajstić information content (AvgIpc) is 3.29. The molecule has 3 N–H and O–H groups in total. The number of benzene rings is 2. The Morgan fingerprint density at radius 2 is 1.68 bits per heavy atom. The molecule has 196 valence electrons. The fraction of sp³-hybridized carbons (Fsp3) is 0.370. The second-order valence-electron chi connectivity index (χ2n) is 10.3. The number of likely N-dealkylation sites (N-methyl/N-ethyl adjacent to an activating group) is 1. The Morgan fingerprint density at radius 3 is 2.35 bits per heavy atom. The topological polar surface area (TPSA) is 94.5 Å². The summed E-state index contributed by atoms with van der Waals surface area (Å²) in [5.74, 6) is 0.537. The SMILES string of the molecule is CN1CCN(C(=O)NCc2cccc(-n3nc(C(C)(C)C)cc3NC(=O)Nc3ccc(Cl)cc3)c2)CC1. The number of hydrogen-bond acceptors (Lipinski definition) is 4. The summed E-state index contributed by atoms with van der Waals surface area (Å²) in [7, 11) is 2.06. The van der Waals surface area contributed by atoms with Crippen LogP contribution in [0.2, 0.25) is 5.02 Å². The minimum absolute atomic E-state index is 0.0613. The van der Waals surface area contributed by atoms with Gasteiger partial charge in [0.05, 0.1) is 11.4 Å². The molecular formula is C27H34ClN7O2. The van der Waals surface area contributed by atoms with Gasteiger partial charge in [-0.05, 0) is 49.0 Å². The molecule has 2 aromatic carbocycles. The predicted molar refractivity (Wildman–Crippen MR) is 148 cm³/mol. The minimum atomic E-state index is -0.389. The Balaban J connectivity index is 1.50. The van der Waals surface area contributed by atoms with Gasteiger partial charge in [-0.1, -0.05) is 44.5 Å². The number of aromatic nitrogens is 2. The maximum absolute atomic E-state index is 12.8. The summed E-state index contributed by atoms with van der Waals surface area (Å²) in [4.78, 5) is 29.4. The van der Waals surface area contributed by atoms with Crippen molar-refractivity contribution in [2.24, 2.45) is 0 Å². The molecule has 1 aliphatic rings. The highest BCUT2D eigenvalue weighted by Crippen LogP contribution is 2.27. The zero-order valence-electron chi connectivity index (χ0n) is 21.7. The maximum Gasteiger partial charge on any atom is 0.324 e. The molecule has 4 rings (SSSR count). The van der Waals surface area contributed by atoms with Gasteiger partial charge < -0.3 is 20.4 Å². The maximum atomic E-state index is 12.8. The van der Waals surface area contributed by atoms with Gasteiger partial charge in [0.25, 0.3) is 0 Å². The fourth-order valence-corrected chi connectivity index (χ4v) is 4.07. The van der Waals surface area contributed by atoms with E-state index in [1.165, 1.54) is 0 Å². The number of halogens is 1. The van der Waals surface area contributed by atoms with E-state index < -0.39 is 0 Å². The molecular weight excluding hydrogens is 490 g/mol. The van der Waals surface area contributed by atoms with E-state index in [9.17, 15) is 9.59 Å². The number of urea groups is 2. The van der Waals surface area contributed by atoms with Crippen molar-refractivity contribution >= 4 is 35.2 Å². The van der Waals surface area contributed by atoms with E-state index in [0.29, 0.717) is 23.1 Å². The van der Waals surface area contributed by atoms with Gasteiger partial charge >= 0.3 is 12.1 Å². The van der Waals surface area contributed by atoms with E-state index in [2.05, 4.69) is 48.7 Å². The lowest BCUT2D eigenvalue weighted by molar-refractivity contribution is 0.154. The van der Waals surface area contributed by atoms with Crippen LogP contribution in [0.15, 0.2) is 54.6 Å². The molecule has 0 spiro atoms. The van der Waals surface area contributed by atoms with Crippen molar-refractivity contribution in [3.63, 3.8) is 0 Å². The lowest BCUT2D eigenvalue weighted by atomic mass is 9.92. The van der Waals surface area contributed by atoms with Crippen LogP contribution in [0.25, 0.3) is 5.69 Å². The van der Waals surface area contributed by atoms with Crippen LogP contribution in [0, 0.1) is 0 Å². The van der Waals surface area contributed by atoms with Crippen molar-refractivity contribution in [3.05, 3.63) is 70.9 Å². The van der Waals surface area contributed by atoms with Crippen LogP contribution in [-0.2, 0) is 12.0 Å². The molecule has 1 aromatic heterocycles. The van der Waals surface area contributed by atoms with Crippen LogP contribution < -0.4 is 16.0 Å². The van der Waals surface area contributed by atoms with Crippen LogP contribution in [-0.4, -0.2) is 64.9 Å². The van der Waals surface area contributed by atoms with E-state index in [1.54, 1.807) is 28.9 Å². The first-order valence-corrected chi connectivity index (χ1v) is 12.7. The van der Waals surface area contributed by atoms with Crippen molar-refractivity contribution < 1.29 is 9.59 Å². The predicted octanol–water partition coefficient (Wildman–Crippen LogP) is 4.92. The lowest BCUT2D eigenvalue weighted by Gasteiger charge is -2.32. The first-order chi connectivity index (χ1) is 17.6. The molecule has 0 unspecified atom stereocenters. The highest BCUT2D eigenvalue weighted by molar-refractivity contribution is 6.30. The summed E-state index contributed by atoms with van der Waals surface area (Å²) >= 11 is 5.94. The molecule has 2 heterocycles. The van der Waals surface area contributed by atoms with Crippen LogP contribution >= 0.6 is 11.6 Å². The highest BCUT2D eigenvalue weighted by atomic mass is 35.5. The lowest BCUT2D eigenvalue weighted by Crippen LogP contribution is -2.50. The van der Waals surface area contributed by atoms with Gasteiger partial charge in [0.2, 0.25) is 0 Å². The molecule has 10 heteroatoms. The number of hydrogen-bond donors (Lipinski definition) is 3. The van der Waals surface area contributed by atoms with Gasteiger partial charge in [-0.2, -0.15) is 5.10 Å². The van der Waals surface area contributed by atoms with E-state index in [-0.39, 0.29) is 17.5 Å². The zero-order chi connectivity index (χ0) is 26.6. The zero-order valence-corrected chi connectivity index (χ0v) is 22.5. The van der Waals surface area contributed by atoms with Crippen LogP contribution in [0.4, 0.5) is 21.1 Å². The fourth-order valence-electron chi connectivity index (χ4n) is 3.94. The third-order valence-corrected chi connectivity index (χ3v) is 6.46. The van der Waals surface area contributed by atoms with Crippen LogP contribution in [0.3, 0.4) is 0 Å². The summed E-state index contributed by atoms with van der Waals surface area (Å²) < 4.78 is 1.72. The summed E-state index contributed by atoms with van der Waals surface area (Å²) in [6.45, 7) is 9.80. The average molecular weight is 524 g/mol. The smallest absolute Gasteiger partial charge is 0.324 e. The molecule has 1 aliphatic heterocycles. The van der Waals surface area contributed by atoms with Gasteiger partial charge in [-0.3, -0.25) is 5.32 Å². The van der Waals surface area contributed by atoms with Crippen molar-refractivity contribution in [3.8, 4) is 5.69 Å². The molecule has 37 heavy (non-hydrogen) atoms. The second kappa shape index (κ2) is 11.2. The Labute approximate surface area is 222 Å². The Hall–Kier alpha value is -3.56. The molecule has 4 amide bonds. The number of amides is 4. The molecule has 0 atom stereocenters. The number of piperazine rings is 1. The van der Waals surface area contributed by atoms with Crippen molar-refractivity contribution in [2.75, 3.05) is 43.9 Å². The molecule has 0 radical (unpaired) electrons. The van der Waals surface area contributed by atoms with Crippen molar-refractivity contribution in [2.45, 2.75) is 32.7 Å². The van der Waals surface area contributed by atoms with E-state index >= 15 is 0 Å². The first kappa shape index (κ1) is 26.5. The van der Waals surface area contributed by atoms with Crippen LogP contribution in [0.5, 0.6) is 0 Å². The molecule has 0 bridgehead atoms. The molecule has 0 aliphatic carbocycles. The van der Waals surface area contributed by atoms with Gasteiger partial charge in [-0.15, -0.1) is 0 Å². The van der Waals surface area contributed by atoms with Gasteiger partial charge in [0.1, 0.15) is 5.82 Å². The number of rotatable bonds is 5. The molecule has 1 saturated heterocycles. The quantitative estimate of drug-likeness (QED) is 0.442. The number of carbonyl (C=O) groups excluding carboxylic acids is 2. The van der Waals surface area contributed by atoms with Crippen molar-refractivity contribution in [1.29, 1.82) is 0 Å². The third-order valence-electron chi connectivity index (χ3n) is 6.21. The third kappa shape index (κ3) is 7.02. The molecule has 9 nitrogen and oxygen atoms in total. The van der Waals surface area contributed by atoms with E-state index in [4.69, 9.17) is 16.7 Å². The monoisotopic (exact) mass is 523 g/mol. The van der Waals surface area contributed by atoms with Gasteiger partial charge in [-0.25, -0.2) is 14.3 Å². The van der Waals surface area contributed by atoms with Gasteiger partial charge in [0, 0.05) is 54.9 Å². The summed E-state index contributed by atoms with van der Waals surface area (Å²) in [6, 6.07) is 16.1. The number of anilines is 2. The Bertz CT molecular complexity index is 1240. The molecule has 3 aromatic rings.